The summed E-state index contributed by atoms with van der Waals surface area (Å²) in [4.78, 5) is 24.4. The highest BCUT2D eigenvalue weighted by molar-refractivity contribution is 6.47. The normalized spacial score (nSPS) is 23.6. The third kappa shape index (κ3) is 6.16. The Morgan fingerprint density at radius 2 is 2.07 bits per heavy atom. The lowest BCUT2D eigenvalue weighted by atomic mass is 9.64. The summed E-state index contributed by atoms with van der Waals surface area (Å²) < 4.78 is 11.6. The van der Waals surface area contributed by atoms with E-state index in [1.54, 1.807) is 6.07 Å². The fraction of sp³-hybridized carbons (Fsp3) is 0.652. The van der Waals surface area contributed by atoms with E-state index in [0.29, 0.717) is 36.8 Å². The van der Waals surface area contributed by atoms with Crippen molar-refractivity contribution in [1.82, 2.24) is 5.32 Å². The number of carbonyl (C=O) groups excluding carboxylic acids is 2. The number of fused-ring (bicyclic) bond motifs is 1. The molecule has 1 saturated heterocycles. The molecule has 2 N–H and O–H groups in total. The zero-order chi connectivity index (χ0) is 21.5. The van der Waals surface area contributed by atoms with E-state index in [9.17, 15) is 14.6 Å². The van der Waals surface area contributed by atoms with Gasteiger partial charge in [-0.3, -0.25) is 9.59 Å². The van der Waals surface area contributed by atoms with Crippen LogP contribution in [0.5, 0.6) is 5.75 Å². The first-order valence-electron chi connectivity index (χ1n) is 11.3. The Hall–Kier alpha value is -1.70. The average Bonchev–Trinajstić information content (AvgIpc) is 2.72. The first kappa shape index (κ1) is 23.0. The Bertz CT molecular complexity index is 732. The molecule has 2 heterocycles. The number of ether oxygens (including phenoxy) is 1. The van der Waals surface area contributed by atoms with Gasteiger partial charge in [-0.2, -0.15) is 0 Å². The van der Waals surface area contributed by atoms with Crippen LogP contribution in [-0.4, -0.2) is 49.0 Å². The molecular weight excluding hydrogens is 381 g/mol. The molecule has 164 valence electrons. The molecule has 7 heteroatoms. The number of carbonyl (C=O) groups is 2. The van der Waals surface area contributed by atoms with Gasteiger partial charge in [-0.05, 0) is 50.8 Å². The van der Waals surface area contributed by atoms with Gasteiger partial charge in [0.2, 0.25) is 0 Å². The lowest BCUT2D eigenvalue weighted by Crippen LogP contribution is -2.41. The maximum atomic E-state index is 12.6. The minimum Gasteiger partial charge on any atom is -0.535 e. The third-order valence-electron chi connectivity index (χ3n) is 6.13. The fourth-order valence-electron chi connectivity index (χ4n) is 4.37. The van der Waals surface area contributed by atoms with Gasteiger partial charge < -0.3 is 19.7 Å². The molecule has 0 bridgehead atoms. The van der Waals surface area contributed by atoms with Crippen LogP contribution in [-0.2, 0) is 16.0 Å². The zero-order valence-corrected chi connectivity index (χ0v) is 18.2. The predicted octanol–water partition coefficient (Wildman–Crippen LogP) is 3.35. The van der Waals surface area contributed by atoms with Crippen molar-refractivity contribution in [3.8, 4) is 5.75 Å². The molecule has 2 unspecified atom stereocenters. The summed E-state index contributed by atoms with van der Waals surface area (Å²) >= 11 is 0. The number of nitrogens with one attached hydrogen (secondary N) is 1. The van der Waals surface area contributed by atoms with Crippen molar-refractivity contribution in [3.05, 3.63) is 29.3 Å². The van der Waals surface area contributed by atoms with E-state index < -0.39 is 7.12 Å². The maximum absolute atomic E-state index is 12.6. The van der Waals surface area contributed by atoms with E-state index in [1.807, 2.05) is 12.1 Å². The molecule has 2 aliphatic rings. The Morgan fingerprint density at radius 1 is 1.23 bits per heavy atom. The molecule has 1 fully saturated rings. The van der Waals surface area contributed by atoms with Gasteiger partial charge in [0, 0.05) is 24.7 Å². The summed E-state index contributed by atoms with van der Waals surface area (Å²) in [6, 6.07) is 5.79. The SMILES string of the molecule is CCCCCNC1CCC(CC(=O)C[C@H]2Cc3cccc(C(C)=O)c3OB2O)OC1. The van der Waals surface area contributed by atoms with Gasteiger partial charge in [-0.25, -0.2) is 0 Å². The predicted molar refractivity (Wildman–Crippen MR) is 117 cm³/mol. The number of hydrogen-bond acceptors (Lipinski definition) is 6. The zero-order valence-electron chi connectivity index (χ0n) is 18.2. The number of ketones is 2. The molecule has 6 nitrogen and oxygen atoms in total. The first-order chi connectivity index (χ1) is 14.5. The number of unbranched alkanes of at least 4 members (excludes halogenated alkanes) is 2. The summed E-state index contributed by atoms with van der Waals surface area (Å²) in [5, 5.41) is 13.9. The van der Waals surface area contributed by atoms with Gasteiger partial charge in [-0.15, -0.1) is 0 Å². The van der Waals surface area contributed by atoms with Gasteiger partial charge in [0.15, 0.2) is 5.78 Å². The van der Waals surface area contributed by atoms with Crippen molar-refractivity contribution < 1.29 is 24.0 Å². The number of benzene rings is 1. The molecule has 30 heavy (non-hydrogen) atoms. The van der Waals surface area contributed by atoms with Gasteiger partial charge in [-0.1, -0.05) is 31.9 Å². The average molecular weight is 415 g/mol. The van der Waals surface area contributed by atoms with E-state index in [2.05, 4.69) is 12.2 Å². The van der Waals surface area contributed by atoms with E-state index in [-0.39, 0.29) is 29.9 Å². The van der Waals surface area contributed by atoms with Crippen molar-refractivity contribution in [2.24, 2.45) is 0 Å². The van der Waals surface area contributed by atoms with Crippen LogP contribution in [0.2, 0.25) is 5.82 Å². The van der Waals surface area contributed by atoms with Crippen LogP contribution in [0.25, 0.3) is 0 Å². The van der Waals surface area contributed by atoms with Crippen LogP contribution >= 0.6 is 0 Å². The highest BCUT2D eigenvalue weighted by Crippen LogP contribution is 2.36. The van der Waals surface area contributed by atoms with Gasteiger partial charge in [0.1, 0.15) is 11.5 Å². The Kier molecular flexibility index (Phi) is 8.48. The lowest BCUT2D eigenvalue weighted by Gasteiger charge is -2.31. The first-order valence-corrected chi connectivity index (χ1v) is 11.3. The summed E-state index contributed by atoms with van der Waals surface area (Å²) in [7, 11) is -1.08. The van der Waals surface area contributed by atoms with E-state index in [1.165, 1.54) is 26.2 Å². The van der Waals surface area contributed by atoms with Gasteiger partial charge >= 0.3 is 7.12 Å². The maximum Gasteiger partial charge on any atom is 0.526 e. The highest BCUT2D eigenvalue weighted by Gasteiger charge is 2.37. The number of Topliss-reactive ketones (excluding diaryl/α,β-unsaturated/α-hetero) is 2. The second kappa shape index (κ2) is 11.1. The largest absolute Gasteiger partial charge is 0.535 e. The van der Waals surface area contributed by atoms with Crippen LogP contribution in [0.1, 0.15) is 74.7 Å². The smallest absolute Gasteiger partial charge is 0.526 e. The summed E-state index contributed by atoms with van der Waals surface area (Å²) in [5.41, 5.74) is 1.35. The number of para-hydroxylation sites is 1. The molecule has 0 radical (unpaired) electrons. The second-order valence-electron chi connectivity index (χ2n) is 8.66. The molecule has 1 aromatic carbocycles. The lowest BCUT2D eigenvalue weighted by molar-refractivity contribution is -0.123. The van der Waals surface area contributed by atoms with Crippen molar-refractivity contribution in [2.45, 2.75) is 83.2 Å². The van der Waals surface area contributed by atoms with Crippen LogP contribution < -0.4 is 9.97 Å². The Labute approximate surface area is 179 Å². The third-order valence-corrected chi connectivity index (χ3v) is 6.13. The van der Waals surface area contributed by atoms with Crippen molar-refractivity contribution in [1.29, 1.82) is 0 Å². The number of hydrogen-bond donors (Lipinski definition) is 2. The highest BCUT2D eigenvalue weighted by atomic mass is 16.5. The van der Waals surface area contributed by atoms with Crippen molar-refractivity contribution in [3.63, 3.8) is 0 Å². The van der Waals surface area contributed by atoms with E-state index in [0.717, 1.165) is 24.9 Å². The molecule has 2 aliphatic heterocycles. The molecule has 0 amide bonds. The van der Waals surface area contributed by atoms with Gasteiger partial charge in [0.25, 0.3) is 0 Å². The minimum atomic E-state index is -1.08. The van der Waals surface area contributed by atoms with Crippen LogP contribution in [0.4, 0.5) is 0 Å². The standard InChI is InChI=1S/C23H34BNO5/c1-3-4-5-11-25-19-9-10-21(29-15-19)14-20(27)13-18-12-17-7-6-8-22(16(2)26)23(17)30-24(18)28/h6-8,18-19,21,25,28H,3-5,9-15H2,1-2H3/t18-,19?,21?/m1/s1. The number of rotatable bonds is 10. The topological polar surface area (TPSA) is 84.9 Å². The quantitative estimate of drug-likeness (QED) is 0.346. The minimum absolute atomic E-state index is 0.0376. The fourth-order valence-corrected chi connectivity index (χ4v) is 4.37. The van der Waals surface area contributed by atoms with Crippen molar-refractivity contribution >= 4 is 18.7 Å². The van der Waals surface area contributed by atoms with Crippen LogP contribution in [0, 0.1) is 0 Å². The van der Waals surface area contributed by atoms with Gasteiger partial charge in [0.05, 0.1) is 18.3 Å². The monoisotopic (exact) mass is 415 g/mol. The summed E-state index contributed by atoms with van der Waals surface area (Å²) in [6.45, 7) is 5.36. The molecule has 0 aromatic heterocycles. The molecule has 0 aliphatic carbocycles. The second-order valence-corrected chi connectivity index (χ2v) is 8.66. The Balaban J connectivity index is 1.45. The molecular formula is C23H34BNO5. The van der Waals surface area contributed by atoms with E-state index >= 15 is 0 Å². The Morgan fingerprint density at radius 3 is 2.77 bits per heavy atom. The molecule has 3 atom stereocenters. The summed E-state index contributed by atoms with van der Waals surface area (Å²) in [5.74, 6) is 0.146. The molecule has 0 saturated carbocycles. The van der Waals surface area contributed by atoms with Crippen LogP contribution in [0.15, 0.2) is 18.2 Å². The van der Waals surface area contributed by atoms with Crippen LogP contribution in [0.3, 0.4) is 0 Å². The van der Waals surface area contributed by atoms with E-state index in [4.69, 9.17) is 9.39 Å². The molecule has 1 aromatic rings. The molecule has 3 rings (SSSR count). The molecule has 0 spiro atoms. The van der Waals surface area contributed by atoms with Crippen molar-refractivity contribution in [2.75, 3.05) is 13.2 Å². The summed E-state index contributed by atoms with van der Waals surface area (Å²) in [6.07, 6.45) is 6.69.